The van der Waals surface area contributed by atoms with Crippen molar-refractivity contribution in [2.45, 2.75) is 70.1 Å². The van der Waals surface area contributed by atoms with Crippen molar-refractivity contribution in [1.29, 1.82) is 0 Å². The fourth-order valence-electron chi connectivity index (χ4n) is 4.19. The van der Waals surface area contributed by atoms with Crippen molar-refractivity contribution in [3.05, 3.63) is 36.7 Å². The van der Waals surface area contributed by atoms with E-state index in [-0.39, 0.29) is 24.3 Å². The SMILES string of the molecule is CCCNc1cccc(SN/C=C(\N=C(/CC)N2CNCC2(C)C)n2ccc(OCC3(C(F)(F)F)CC3)n2)n1. The van der Waals surface area contributed by atoms with Crippen molar-refractivity contribution in [2.24, 2.45) is 10.4 Å². The van der Waals surface area contributed by atoms with Crippen LogP contribution in [0.1, 0.15) is 53.4 Å². The maximum Gasteiger partial charge on any atom is 0.397 e. The van der Waals surface area contributed by atoms with Gasteiger partial charge in [0.15, 0.2) is 5.82 Å². The lowest BCUT2D eigenvalue weighted by atomic mass is 10.1. The van der Waals surface area contributed by atoms with Gasteiger partial charge in [0.1, 0.15) is 28.7 Å². The van der Waals surface area contributed by atoms with E-state index in [1.165, 1.54) is 16.6 Å². The molecule has 0 unspecified atom stereocenters. The minimum atomic E-state index is -4.28. The highest BCUT2D eigenvalue weighted by Gasteiger charge is 2.64. The van der Waals surface area contributed by atoms with Crippen LogP contribution in [0.15, 0.2) is 46.7 Å². The van der Waals surface area contributed by atoms with Crippen LogP contribution in [0.4, 0.5) is 19.0 Å². The first-order valence-corrected chi connectivity index (χ1v) is 14.0. The molecule has 2 aliphatic rings. The Morgan fingerprint density at radius 3 is 2.69 bits per heavy atom. The normalized spacial score (nSPS) is 18.8. The molecule has 13 heteroatoms. The monoisotopic (exact) mass is 566 g/mol. The topological polar surface area (TPSA) is 91.6 Å². The highest BCUT2D eigenvalue weighted by atomic mass is 32.2. The van der Waals surface area contributed by atoms with Crippen molar-refractivity contribution >= 4 is 29.4 Å². The summed E-state index contributed by atoms with van der Waals surface area (Å²) in [5, 5.41) is 11.8. The predicted molar refractivity (Wildman–Crippen MR) is 148 cm³/mol. The lowest BCUT2D eigenvalue weighted by Gasteiger charge is -2.33. The second-order valence-electron chi connectivity index (χ2n) is 10.4. The number of hydrogen-bond acceptors (Lipinski definition) is 8. The standard InChI is InChI=1S/C26H37F3N8OS/c1-5-13-31-19-8-7-9-23(33-19)39-32-15-21(34-20(6-2)36-18-30-16-24(36,3)4)37-14-10-22(35-37)38-17-25(11-12-25)26(27,28)29/h7-10,14-15,30,32H,5-6,11-13,16-18H2,1-4H3,(H,31,33)/b21-15+,34-20+. The van der Waals surface area contributed by atoms with Gasteiger partial charge in [-0.15, -0.1) is 5.10 Å². The third-order valence-corrected chi connectivity index (χ3v) is 7.48. The Labute approximate surface area is 231 Å². The number of nitrogens with one attached hydrogen (secondary N) is 3. The lowest BCUT2D eigenvalue weighted by Crippen LogP contribution is -2.44. The number of halogens is 3. The molecule has 1 aliphatic carbocycles. The molecular weight excluding hydrogens is 529 g/mol. The van der Waals surface area contributed by atoms with E-state index in [2.05, 4.69) is 51.1 Å². The van der Waals surface area contributed by atoms with Crippen molar-refractivity contribution in [1.82, 2.24) is 29.7 Å². The molecule has 3 heterocycles. The molecule has 0 spiro atoms. The fourth-order valence-corrected chi connectivity index (χ4v) is 4.76. The van der Waals surface area contributed by atoms with E-state index < -0.39 is 18.2 Å². The van der Waals surface area contributed by atoms with E-state index in [9.17, 15) is 13.2 Å². The molecule has 2 aromatic heterocycles. The molecule has 9 nitrogen and oxygen atoms in total. The second-order valence-corrected chi connectivity index (χ2v) is 11.2. The smallest absolute Gasteiger partial charge is 0.397 e. The number of pyridine rings is 1. The minimum absolute atomic E-state index is 0.0799. The molecular formula is C26H37F3N8OS. The average Bonchev–Trinajstić information content (AvgIpc) is 3.43. The van der Waals surface area contributed by atoms with Crippen molar-refractivity contribution in [3.8, 4) is 5.88 Å². The maximum atomic E-state index is 13.3. The Kier molecular flexibility index (Phi) is 9.00. The zero-order chi connectivity index (χ0) is 28.1. The summed E-state index contributed by atoms with van der Waals surface area (Å²) in [6, 6.07) is 7.30. The van der Waals surface area contributed by atoms with Gasteiger partial charge in [0, 0.05) is 49.3 Å². The number of hydrogen-bond donors (Lipinski definition) is 3. The highest BCUT2D eigenvalue weighted by Crippen LogP contribution is 2.57. The van der Waals surface area contributed by atoms with Gasteiger partial charge in [-0.25, -0.2) is 14.7 Å². The molecule has 0 atom stereocenters. The molecule has 2 fully saturated rings. The first-order valence-electron chi connectivity index (χ1n) is 13.2. The maximum absolute atomic E-state index is 13.3. The summed E-state index contributed by atoms with van der Waals surface area (Å²) in [5.41, 5.74) is -1.88. The van der Waals surface area contributed by atoms with Crippen molar-refractivity contribution < 1.29 is 17.9 Å². The van der Waals surface area contributed by atoms with Gasteiger partial charge in [0.2, 0.25) is 5.88 Å². The summed E-state index contributed by atoms with van der Waals surface area (Å²) in [7, 11) is 0. The number of aromatic nitrogens is 3. The highest BCUT2D eigenvalue weighted by molar-refractivity contribution is 7.97. The van der Waals surface area contributed by atoms with Crippen LogP contribution < -0.4 is 20.1 Å². The molecule has 1 saturated heterocycles. The molecule has 1 aliphatic heterocycles. The Morgan fingerprint density at radius 2 is 2.05 bits per heavy atom. The number of ether oxygens (including phenoxy) is 1. The Balaban J connectivity index is 1.54. The summed E-state index contributed by atoms with van der Waals surface area (Å²) < 4.78 is 50.2. The first-order chi connectivity index (χ1) is 18.6. The van der Waals surface area contributed by atoms with Gasteiger partial charge in [0.25, 0.3) is 0 Å². The van der Waals surface area contributed by atoms with E-state index in [0.717, 1.165) is 36.2 Å². The molecule has 4 rings (SSSR count). The van der Waals surface area contributed by atoms with Crippen molar-refractivity contribution in [3.63, 3.8) is 0 Å². The molecule has 2 aromatic rings. The van der Waals surface area contributed by atoms with Gasteiger partial charge >= 0.3 is 6.18 Å². The third kappa shape index (κ3) is 7.18. The molecule has 0 radical (unpaired) electrons. The molecule has 214 valence electrons. The number of anilines is 1. The molecule has 0 aromatic carbocycles. The number of rotatable bonds is 12. The zero-order valence-electron chi connectivity index (χ0n) is 22.8. The van der Waals surface area contributed by atoms with Gasteiger partial charge < -0.3 is 19.7 Å². The predicted octanol–water partition coefficient (Wildman–Crippen LogP) is 5.32. The van der Waals surface area contributed by atoms with Crippen LogP contribution in [0, 0.1) is 5.41 Å². The van der Waals surface area contributed by atoms with E-state index in [1.807, 2.05) is 25.1 Å². The Morgan fingerprint density at radius 1 is 1.26 bits per heavy atom. The van der Waals surface area contributed by atoms with Crippen LogP contribution >= 0.6 is 11.9 Å². The number of aliphatic imine (C=N–C) groups is 1. The largest absolute Gasteiger partial charge is 0.476 e. The zero-order valence-corrected chi connectivity index (χ0v) is 23.6. The van der Waals surface area contributed by atoms with Crippen LogP contribution in [-0.4, -0.2) is 63.6 Å². The second kappa shape index (κ2) is 12.1. The first kappa shape index (κ1) is 29.1. The van der Waals surface area contributed by atoms with Crippen LogP contribution in [0.25, 0.3) is 5.82 Å². The van der Waals surface area contributed by atoms with Gasteiger partial charge in [0.05, 0.1) is 12.9 Å². The van der Waals surface area contributed by atoms with Crippen LogP contribution in [0.5, 0.6) is 5.88 Å². The molecule has 0 amide bonds. The van der Waals surface area contributed by atoms with Gasteiger partial charge in [-0.2, -0.15) is 13.2 Å². The Bertz CT molecular complexity index is 1180. The molecule has 3 N–H and O–H groups in total. The lowest BCUT2D eigenvalue weighted by molar-refractivity contribution is -0.194. The van der Waals surface area contributed by atoms with E-state index in [1.54, 1.807) is 18.5 Å². The summed E-state index contributed by atoms with van der Waals surface area (Å²) in [6.45, 7) is 10.3. The third-order valence-electron chi connectivity index (χ3n) is 6.81. The molecule has 0 bridgehead atoms. The molecule has 1 saturated carbocycles. The van der Waals surface area contributed by atoms with Gasteiger partial charge in [-0.1, -0.05) is 19.9 Å². The van der Waals surface area contributed by atoms with Crippen LogP contribution in [0.2, 0.25) is 0 Å². The van der Waals surface area contributed by atoms with Gasteiger partial charge in [-0.3, -0.25) is 5.32 Å². The Hall–Kier alpha value is -2.93. The summed E-state index contributed by atoms with van der Waals surface area (Å²) >= 11 is 1.32. The van der Waals surface area contributed by atoms with E-state index >= 15 is 0 Å². The van der Waals surface area contributed by atoms with Crippen LogP contribution in [0.3, 0.4) is 0 Å². The number of nitrogens with zero attached hydrogens (tertiary/aromatic N) is 5. The average molecular weight is 567 g/mol. The van der Waals surface area contributed by atoms with Gasteiger partial charge in [-0.05, 0) is 45.2 Å². The summed E-state index contributed by atoms with van der Waals surface area (Å²) in [5.74, 6) is 2.24. The van der Waals surface area contributed by atoms with Crippen molar-refractivity contribution in [2.75, 3.05) is 31.7 Å². The molecule has 39 heavy (non-hydrogen) atoms. The number of amidine groups is 1. The quantitative estimate of drug-likeness (QED) is 0.181. The van der Waals surface area contributed by atoms with Crippen LogP contribution in [-0.2, 0) is 0 Å². The van der Waals surface area contributed by atoms with E-state index in [4.69, 9.17) is 9.73 Å². The summed E-state index contributed by atoms with van der Waals surface area (Å²) in [4.78, 5) is 11.7. The fraction of sp³-hybridized carbons (Fsp3) is 0.577. The summed E-state index contributed by atoms with van der Waals surface area (Å²) in [6.07, 6.45) is 0.902. The number of alkyl halides is 3. The minimum Gasteiger partial charge on any atom is -0.476 e. The van der Waals surface area contributed by atoms with E-state index in [0.29, 0.717) is 18.9 Å².